The number of rotatable bonds is 8. The summed E-state index contributed by atoms with van der Waals surface area (Å²) in [7, 11) is 0. The van der Waals surface area contributed by atoms with E-state index < -0.39 is 0 Å². The lowest BCUT2D eigenvalue weighted by molar-refractivity contribution is 0.0442. The van der Waals surface area contributed by atoms with Gasteiger partial charge < -0.3 is 10.2 Å². The fourth-order valence-electron chi connectivity index (χ4n) is 1.92. The van der Waals surface area contributed by atoms with Gasteiger partial charge in [0.05, 0.1) is 13.2 Å². The predicted molar refractivity (Wildman–Crippen MR) is 73.3 cm³/mol. The van der Waals surface area contributed by atoms with Gasteiger partial charge in [0, 0.05) is 10.3 Å². The molecule has 0 amide bonds. The van der Waals surface area contributed by atoms with Crippen molar-refractivity contribution in [2.24, 2.45) is 5.41 Å². The number of hydrogen-bond donors (Lipinski definition) is 2. The Morgan fingerprint density at radius 3 is 2.24 bits per heavy atom. The molecule has 96 valence electrons. The maximum Gasteiger partial charge on any atom is 0.0509 e. The van der Waals surface area contributed by atoms with E-state index in [9.17, 15) is 10.2 Å². The monoisotopic (exact) mass is 254 g/mol. The standard InChI is InChI=1S/C14H22O2S/c1-2-8-14(11-15,12-16)9-10-17-13-6-4-3-5-7-13/h3-7,15-16H,2,8-12H2,1H3. The van der Waals surface area contributed by atoms with E-state index in [1.807, 2.05) is 18.2 Å². The summed E-state index contributed by atoms with van der Waals surface area (Å²) >= 11 is 1.78. The minimum absolute atomic E-state index is 0.0761. The Hall–Kier alpha value is -0.510. The summed E-state index contributed by atoms with van der Waals surface area (Å²) < 4.78 is 0. The second kappa shape index (κ2) is 7.75. The van der Waals surface area contributed by atoms with Crippen LogP contribution in [0.15, 0.2) is 35.2 Å². The predicted octanol–water partition coefficient (Wildman–Crippen LogP) is 2.94. The van der Waals surface area contributed by atoms with Crippen molar-refractivity contribution >= 4 is 11.8 Å². The summed E-state index contributed by atoms with van der Waals surface area (Å²) in [6.07, 6.45) is 2.74. The van der Waals surface area contributed by atoms with Gasteiger partial charge in [-0.1, -0.05) is 31.5 Å². The summed E-state index contributed by atoms with van der Waals surface area (Å²) in [5, 5.41) is 18.9. The minimum Gasteiger partial charge on any atom is -0.396 e. The first-order valence-corrected chi connectivity index (χ1v) is 7.14. The molecular formula is C14H22O2S. The van der Waals surface area contributed by atoms with Crippen molar-refractivity contribution in [2.45, 2.75) is 31.1 Å². The van der Waals surface area contributed by atoms with E-state index in [-0.39, 0.29) is 18.6 Å². The Balaban J connectivity index is 2.42. The highest BCUT2D eigenvalue weighted by molar-refractivity contribution is 7.99. The van der Waals surface area contributed by atoms with Crippen LogP contribution in [0.2, 0.25) is 0 Å². The lowest BCUT2D eigenvalue weighted by Gasteiger charge is -2.29. The highest BCUT2D eigenvalue weighted by atomic mass is 32.2. The van der Waals surface area contributed by atoms with Crippen molar-refractivity contribution in [1.29, 1.82) is 0 Å². The van der Waals surface area contributed by atoms with Gasteiger partial charge in [-0.15, -0.1) is 11.8 Å². The van der Waals surface area contributed by atoms with Crippen LogP contribution in [0.1, 0.15) is 26.2 Å². The summed E-state index contributed by atoms with van der Waals surface area (Å²) in [5.41, 5.74) is -0.295. The van der Waals surface area contributed by atoms with Crippen LogP contribution in [0.3, 0.4) is 0 Å². The molecule has 1 aromatic rings. The molecule has 2 N–H and O–H groups in total. The Labute approximate surface area is 108 Å². The molecule has 1 rings (SSSR count). The summed E-state index contributed by atoms with van der Waals surface area (Å²) in [6, 6.07) is 10.2. The van der Waals surface area contributed by atoms with E-state index in [2.05, 4.69) is 19.1 Å². The van der Waals surface area contributed by atoms with E-state index >= 15 is 0 Å². The molecule has 0 unspecified atom stereocenters. The zero-order valence-corrected chi connectivity index (χ0v) is 11.2. The van der Waals surface area contributed by atoms with Gasteiger partial charge in [-0.3, -0.25) is 0 Å². The van der Waals surface area contributed by atoms with Gasteiger partial charge in [0.2, 0.25) is 0 Å². The van der Waals surface area contributed by atoms with Gasteiger partial charge in [0.1, 0.15) is 0 Å². The SMILES string of the molecule is CCCC(CO)(CO)CCSc1ccccc1. The number of benzene rings is 1. The maximum absolute atomic E-state index is 9.44. The first kappa shape index (κ1) is 14.6. The lowest BCUT2D eigenvalue weighted by atomic mass is 9.82. The average molecular weight is 254 g/mol. The molecule has 0 saturated carbocycles. The van der Waals surface area contributed by atoms with Crippen LogP contribution >= 0.6 is 11.8 Å². The molecule has 0 fully saturated rings. The minimum atomic E-state index is -0.295. The van der Waals surface area contributed by atoms with Crippen LogP contribution < -0.4 is 0 Å². The molecule has 1 aromatic carbocycles. The highest BCUT2D eigenvalue weighted by Gasteiger charge is 2.27. The topological polar surface area (TPSA) is 40.5 Å². The average Bonchev–Trinajstić information content (AvgIpc) is 2.39. The summed E-state index contributed by atoms with van der Waals surface area (Å²) in [5.74, 6) is 0.936. The Kier molecular flexibility index (Phi) is 6.63. The van der Waals surface area contributed by atoms with Gasteiger partial charge in [0.25, 0.3) is 0 Å². The first-order valence-electron chi connectivity index (χ1n) is 6.16. The summed E-state index contributed by atoms with van der Waals surface area (Å²) in [6.45, 7) is 2.24. The van der Waals surface area contributed by atoms with Gasteiger partial charge in [-0.2, -0.15) is 0 Å². The van der Waals surface area contributed by atoms with E-state index in [0.717, 1.165) is 25.0 Å². The van der Waals surface area contributed by atoms with E-state index in [0.29, 0.717) is 0 Å². The molecule has 3 heteroatoms. The zero-order chi connectivity index (χ0) is 12.6. The van der Waals surface area contributed by atoms with Gasteiger partial charge in [-0.25, -0.2) is 0 Å². The fraction of sp³-hybridized carbons (Fsp3) is 0.571. The molecule has 2 nitrogen and oxygen atoms in total. The fourth-order valence-corrected chi connectivity index (χ4v) is 3.04. The van der Waals surface area contributed by atoms with Crippen molar-refractivity contribution in [3.8, 4) is 0 Å². The van der Waals surface area contributed by atoms with Crippen LogP contribution in [0.5, 0.6) is 0 Å². The molecule has 0 saturated heterocycles. The first-order chi connectivity index (χ1) is 8.26. The quantitative estimate of drug-likeness (QED) is 0.701. The third-order valence-electron chi connectivity index (χ3n) is 3.10. The molecule has 0 spiro atoms. The van der Waals surface area contributed by atoms with Crippen molar-refractivity contribution < 1.29 is 10.2 Å². The van der Waals surface area contributed by atoms with Gasteiger partial charge in [0.15, 0.2) is 0 Å². The zero-order valence-electron chi connectivity index (χ0n) is 10.4. The molecule has 0 radical (unpaired) electrons. The van der Waals surface area contributed by atoms with Crippen molar-refractivity contribution in [1.82, 2.24) is 0 Å². The second-order valence-corrected chi connectivity index (χ2v) is 5.65. The Morgan fingerprint density at radius 1 is 1.06 bits per heavy atom. The van der Waals surface area contributed by atoms with Crippen molar-refractivity contribution in [3.63, 3.8) is 0 Å². The van der Waals surface area contributed by atoms with Crippen LogP contribution in [-0.4, -0.2) is 29.2 Å². The molecule has 0 atom stereocenters. The molecule has 0 aromatic heterocycles. The van der Waals surface area contributed by atoms with Gasteiger partial charge in [-0.05, 0) is 30.7 Å². The van der Waals surface area contributed by atoms with Crippen LogP contribution in [-0.2, 0) is 0 Å². The smallest absolute Gasteiger partial charge is 0.0509 e. The molecule has 0 aliphatic rings. The van der Waals surface area contributed by atoms with Crippen LogP contribution in [0.25, 0.3) is 0 Å². The van der Waals surface area contributed by atoms with Gasteiger partial charge >= 0.3 is 0 Å². The molecular weight excluding hydrogens is 232 g/mol. The van der Waals surface area contributed by atoms with Crippen molar-refractivity contribution in [2.75, 3.05) is 19.0 Å². The normalized spacial score (nSPS) is 11.7. The third-order valence-corrected chi connectivity index (χ3v) is 4.11. The van der Waals surface area contributed by atoms with E-state index in [1.54, 1.807) is 11.8 Å². The molecule has 0 bridgehead atoms. The summed E-state index contributed by atoms with van der Waals surface area (Å²) in [4.78, 5) is 1.24. The molecule has 0 aliphatic carbocycles. The van der Waals surface area contributed by atoms with E-state index in [1.165, 1.54) is 4.90 Å². The lowest BCUT2D eigenvalue weighted by Crippen LogP contribution is -2.30. The van der Waals surface area contributed by atoms with Crippen LogP contribution in [0.4, 0.5) is 0 Å². The third kappa shape index (κ3) is 4.70. The highest BCUT2D eigenvalue weighted by Crippen LogP contribution is 2.30. The number of thioether (sulfide) groups is 1. The van der Waals surface area contributed by atoms with Crippen LogP contribution in [0, 0.1) is 5.41 Å². The largest absolute Gasteiger partial charge is 0.396 e. The number of hydrogen-bond acceptors (Lipinski definition) is 3. The Morgan fingerprint density at radius 2 is 1.71 bits per heavy atom. The second-order valence-electron chi connectivity index (χ2n) is 4.48. The Bertz CT molecular complexity index is 296. The molecule has 0 heterocycles. The molecule has 17 heavy (non-hydrogen) atoms. The maximum atomic E-state index is 9.44. The number of aliphatic hydroxyl groups excluding tert-OH is 2. The molecule has 0 aliphatic heterocycles. The van der Waals surface area contributed by atoms with E-state index in [4.69, 9.17) is 0 Å². The van der Waals surface area contributed by atoms with Crippen molar-refractivity contribution in [3.05, 3.63) is 30.3 Å². The number of aliphatic hydroxyl groups is 2.